The molecular weight excluding hydrogens is 336 g/mol. The van der Waals surface area contributed by atoms with E-state index in [1.807, 2.05) is 6.07 Å². The number of carbonyl (C=O) groups is 2. The van der Waals surface area contributed by atoms with Crippen molar-refractivity contribution in [1.29, 1.82) is 5.26 Å². The molecule has 0 aromatic carbocycles. The molecule has 1 saturated heterocycles. The molecule has 0 spiro atoms. The lowest BCUT2D eigenvalue weighted by molar-refractivity contribution is -0.122. The number of amides is 3. The first-order chi connectivity index (χ1) is 10.8. The van der Waals surface area contributed by atoms with Crippen molar-refractivity contribution in [3.63, 3.8) is 0 Å². The second-order valence-electron chi connectivity index (χ2n) is 5.96. The molecule has 0 aromatic heterocycles. The first-order valence-electron chi connectivity index (χ1n) is 7.42. The van der Waals surface area contributed by atoms with Crippen LogP contribution in [0.1, 0.15) is 20.8 Å². The number of nitrogens with one attached hydrogen (secondary N) is 2. The molecule has 1 aliphatic rings. The number of nitriles is 1. The lowest BCUT2D eigenvalue weighted by Crippen LogP contribution is -2.54. The molecule has 1 rings (SSSR count). The summed E-state index contributed by atoms with van der Waals surface area (Å²) in [6.07, 6.45) is 0. The van der Waals surface area contributed by atoms with Gasteiger partial charge in [0.25, 0.3) is 0 Å². The van der Waals surface area contributed by atoms with Crippen LogP contribution in [0, 0.1) is 11.3 Å². The van der Waals surface area contributed by atoms with Crippen LogP contribution in [0.2, 0.25) is 0 Å². The van der Waals surface area contributed by atoms with Crippen molar-refractivity contribution in [2.75, 3.05) is 38.6 Å². The molecular formula is C14H24N4O3S2. The fourth-order valence-corrected chi connectivity index (χ4v) is 4.18. The Bertz CT molecular complexity index is 442. The van der Waals surface area contributed by atoms with E-state index in [1.165, 1.54) is 10.8 Å². The Morgan fingerprint density at radius 1 is 1.35 bits per heavy atom. The summed E-state index contributed by atoms with van der Waals surface area (Å²) >= 11 is 0. The van der Waals surface area contributed by atoms with Crippen molar-refractivity contribution < 1.29 is 14.3 Å². The molecule has 0 saturated carbocycles. The SMILES string of the molecule is CC(C)(C)SSCC(NC(=O)N1CCOCC1)C(=O)NCC#N. The summed E-state index contributed by atoms with van der Waals surface area (Å²) in [5, 5.41) is 13.8. The van der Waals surface area contributed by atoms with Gasteiger partial charge < -0.3 is 20.3 Å². The molecule has 0 aliphatic carbocycles. The second kappa shape index (κ2) is 9.90. The first kappa shape index (κ1) is 19.9. The third kappa shape index (κ3) is 8.34. The highest BCUT2D eigenvalue weighted by Crippen LogP contribution is 2.35. The summed E-state index contributed by atoms with van der Waals surface area (Å²) < 4.78 is 5.28. The van der Waals surface area contributed by atoms with E-state index in [9.17, 15) is 9.59 Å². The molecule has 0 bridgehead atoms. The second-order valence-corrected chi connectivity index (χ2v) is 9.13. The molecule has 1 fully saturated rings. The zero-order chi connectivity index (χ0) is 17.3. The van der Waals surface area contributed by atoms with E-state index in [0.717, 1.165) is 0 Å². The average Bonchev–Trinajstić information content (AvgIpc) is 2.51. The van der Waals surface area contributed by atoms with E-state index < -0.39 is 6.04 Å². The van der Waals surface area contributed by atoms with Gasteiger partial charge >= 0.3 is 6.03 Å². The van der Waals surface area contributed by atoms with Gasteiger partial charge in [-0.1, -0.05) is 42.4 Å². The predicted molar refractivity (Wildman–Crippen MR) is 93.1 cm³/mol. The quantitative estimate of drug-likeness (QED) is 0.546. The van der Waals surface area contributed by atoms with Crippen LogP contribution < -0.4 is 10.6 Å². The monoisotopic (exact) mass is 360 g/mol. The molecule has 9 heteroatoms. The van der Waals surface area contributed by atoms with Crippen molar-refractivity contribution >= 4 is 33.5 Å². The maximum Gasteiger partial charge on any atom is 0.318 e. The van der Waals surface area contributed by atoms with Gasteiger partial charge in [0, 0.05) is 23.6 Å². The van der Waals surface area contributed by atoms with Crippen molar-refractivity contribution in [1.82, 2.24) is 15.5 Å². The molecule has 7 nitrogen and oxygen atoms in total. The normalized spacial score (nSPS) is 16.3. The summed E-state index contributed by atoms with van der Waals surface area (Å²) in [5.41, 5.74) is 0. The Morgan fingerprint density at radius 3 is 2.57 bits per heavy atom. The van der Waals surface area contributed by atoms with Gasteiger partial charge in [-0.2, -0.15) is 5.26 Å². The lowest BCUT2D eigenvalue weighted by atomic mass is 10.3. The molecule has 2 N–H and O–H groups in total. The van der Waals surface area contributed by atoms with Crippen molar-refractivity contribution in [2.24, 2.45) is 0 Å². The third-order valence-electron chi connectivity index (χ3n) is 2.80. The van der Waals surface area contributed by atoms with Gasteiger partial charge in [-0.15, -0.1) is 0 Å². The minimum atomic E-state index is -0.668. The number of morpholine rings is 1. The number of hydrogen-bond donors (Lipinski definition) is 2. The number of ether oxygens (including phenoxy) is 1. The minimum Gasteiger partial charge on any atom is -0.378 e. The predicted octanol–water partition coefficient (Wildman–Crippen LogP) is 1.22. The van der Waals surface area contributed by atoms with Gasteiger partial charge in [-0.3, -0.25) is 4.79 Å². The number of hydrogen-bond acceptors (Lipinski definition) is 6. The highest BCUT2D eigenvalue weighted by atomic mass is 33.1. The van der Waals surface area contributed by atoms with Crippen LogP contribution in [-0.2, 0) is 9.53 Å². The Labute approximate surface area is 145 Å². The maximum atomic E-state index is 12.2. The number of nitrogens with zero attached hydrogens (tertiary/aromatic N) is 2. The van der Waals surface area contributed by atoms with Gasteiger partial charge in [-0.05, 0) is 0 Å². The van der Waals surface area contributed by atoms with E-state index in [0.29, 0.717) is 32.1 Å². The van der Waals surface area contributed by atoms with Crippen LogP contribution in [0.15, 0.2) is 0 Å². The van der Waals surface area contributed by atoms with E-state index in [4.69, 9.17) is 10.00 Å². The molecule has 1 atom stereocenters. The largest absolute Gasteiger partial charge is 0.378 e. The fraction of sp³-hybridized carbons (Fsp3) is 0.786. The van der Waals surface area contributed by atoms with Gasteiger partial charge in [0.1, 0.15) is 12.6 Å². The average molecular weight is 361 g/mol. The molecule has 1 aliphatic heterocycles. The van der Waals surface area contributed by atoms with Crippen LogP contribution in [0.5, 0.6) is 0 Å². The zero-order valence-electron chi connectivity index (χ0n) is 13.8. The molecule has 1 unspecified atom stereocenters. The van der Waals surface area contributed by atoms with E-state index >= 15 is 0 Å². The molecule has 0 radical (unpaired) electrons. The van der Waals surface area contributed by atoms with Crippen LogP contribution >= 0.6 is 21.6 Å². The van der Waals surface area contributed by atoms with Gasteiger partial charge in [-0.25, -0.2) is 4.79 Å². The van der Waals surface area contributed by atoms with E-state index in [2.05, 4.69) is 31.4 Å². The zero-order valence-corrected chi connectivity index (χ0v) is 15.4. The Balaban J connectivity index is 2.56. The Kier molecular flexibility index (Phi) is 8.58. The summed E-state index contributed by atoms with van der Waals surface area (Å²) in [4.78, 5) is 26.0. The topological polar surface area (TPSA) is 94.5 Å². The fourth-order valence-electron chi connectivity index (χ4n) is 1.72. The van der Waals surface area contributed by atoms with Gasteiger partial charge in [0.05, 0.1) is 19.3 Å². The van der Waals surface area contributed by atoms with Crippen LogP contribution in [0.25, 0.3) is 0 Å². The van der Waals surface area contributed by atoms with E-state index in [1.54, 1.807) is 15.7 Å². The molecule has 130 valence electrons. The summed E-state index contributed by atoms with van der Waals surface area (Å²) in [6, 6.07) is 0.927. The van der Waals surface area contributed by atoms with Crippen LogP contribution in [0.4, 0.5) is 4.79 Å². The summed E-state index contributed by atoms with van der Waals surface area (Å²) in [5.74, 6) is 0.102. The van der Waals surface area contributed by atoms with Gasteiger partial charge in [0.15, 0.2) is 0 Å². The number of urea groups is 1. The number of carbonyl (C=O) groups excluding carboxylic acids is 2. The molecule has 23 heavy (non-hydrogen) atoms. The Hall–Kier alpha value is -1.11. The highest BCUT2D eigenvalue weighted by molar-refractivity contribution is 8.77. The van der Waals surface area contributed by atoms with Crippen molar-refractivity contribution in [2.45, 2.75) is 31.6 Å². The van der Waals surface area contributed by atoms with Crippen molar-refractivity contribution in [3.05, 3.63) is 0 Å². The number of rotatable bonds is 6. The van der Waals surface area contributed by atoms with E-state index in [-0.39, 0.29) is 23.2 Å². The standard InChI is InChI=1S/C14H24N4O3S2/c1-14(2,3)23-22-10-11(12(19)16-5-4-15)17-13(20)18-6-8-21-9-7-18/h11H,5-10H2,1-3H3,(H,16,19)(H,17,20). The lowest BCUT2D eigenvalue weighted by Gasteiger charge is -2.29. The maximum absolute atomic E-state index is 12.2. The minimum absolute atomic E-state index is 0.0621. The third-order valence-corrected chi connectivity index (χ3v) is 6.15. The summed E-state index contributed by atoms with van der Waals surface area (Å²) in [7, 11) is 3.19. The van der Waals surface area contributed by atoms with Crippen LogP contribution in [0.3, 0.4) is 0 Å². The molecule has 1 heterocycles. The van der Waals surface area contributed by atoms with Gasteiger partial charge in [0.2, 0.25) is 5.91 Å². The summed E-state index contributed by atoms with van der Waals surface area (Å²) in [6.45, 7) is 8.23. The first-order valence-corrected chi connectivity index (χ1v) is 9.74. The smallest absolute Gasteiger partial charge is 0.318 e. The Morgan fingerprint density at radius 2 is 2.00 bits per heavy atom. The van der Waals surface area contributed by atoms with Crippen molar-refractivity contribution in [3.8, 4) is 6.07 Å². The highest BCUT2D eigenvalue weighted by Gasteiger charge is 2.25. The molecule has 3 amide bonds. The molecule has 0 aromatic rings. The van der Waals surface area contributed by atoms with Crippen LogP contribution in [-0.4, -0.2) is 66.2 Å².